The van der Waals surface area contributed by atoms with Crippen molar-refractivity contribution in [3.8, 4) is 11.5 Å². The first-order valence-electron chi connectivity index (χ1n) is 14.5. The first kappa shape index (κ1) is 39.8. The first-order chi connectivity index (χ1) is 22.8. The Morgan fingerprint density at radius 2 is 1.62 bits per heavy atom. The molecular weight excluding hydrogens is 699 g/mol. The van der Waals surface area contributed by atoms with Gasteiger partial charge in [0.15, 0.2) is 26.7 Å². The number of β-lactam (4-membered cyclic amide) rings is 1. The van der Waals surface area contributed by atoms with Crippen molar-refractivity contribution >= 4 is 63.8 Å². The van der Waals surface area contributed by atoms with E-state index in [0.717, 1.165) is 45.9 Å². The Labute approximate surface area is 306 Å². The fourth-order valence-electron chi connectivity index (χ4n) is 5.86. The summed E-state index contributed by atoms with van der Waals surface area (Å²) in [6.45, 7) is 5.49. The van der Waals surface area contributed by atoms with E-state index in [1.165, 1.54) is 4.90 Å². The van der Waals surface area contributed by atoms with Gasteiger partial charge in [-0.25, -0.2) is 13.2 Å². The van der Waals surface area contributed by atoms with Crippen LogP contribution in [0.25, 0.3) is 0 Å². The number of urea groups is 1. The van der Waals surface area contributed by atoms with Crippen molar-refractivity contribution in [3.05, 3.63) is 23.8 Å². The topological polar surface area (TPSA) is 275 Å². The number of sulfone groups is 1. The van der Waals surface area contributed by atoms with Gasteiger partial charge < -0.3 is 45.1 Å². The molecule has 7 amide bonds. The molecule has 0 saturated carbocycles. The number of esters is 2. The third-order valence-electron chi connectivity index (χ3n) is 8.26. The Morgan fingerprint density at radius 1 is 1.02 bits per heavy atom. The quantitative estimate of drug-likeness (QED) is 0.0384. The SMILES string of the molecule is CCN1CCN(C(=O)NC(C(=O)N[C@]2(NC=O)C(=O)N3[C@@H](C(=O)[O-])C(C)(C)S(=O)(=O)[C@@H]32)c2ccc(OC(C)=O)c(OC(C)=O)c2)C(=O)C1=O.[Na+]. The number of rotatable bonds is 10. The maximum Gasteiger partial charge on any atom is 1.00 e. The summed E-state index contributed by atoms with van der Waals surface area (Å²) in [6, 6.07) is -2.18. The molecule has 3 aliphatic heterocycles. The average molecular weight is 731 g/mol. The number of aliphatic carboxylic acids is 1. The van der Waals surface area contributed by atoms with E-state index in [1.54, 1.807) is 6.92 Å². The van der Waals surface area contributed by atoms with Crippen molar-refractivity contribution in [1.29, 1.82) is 0 Å². The van der Waals surface area contributed by atoms with E-state index in [1.807, 2.05) is 5.32 Å². The number of carbonyl (C=O) groups excluding carboxylic acids is 9. The smallest absolute Gasteiger partial charge is 0.548 e. The third-order valence-corrected chi connectivity index (χ3v) is 11.1. The molecule has 20 nitrogen and oxygen atoms in total. The summed E-state index contributed by atoms with van der Waals surface area (Å²) in [5.41, 5.74) is -3.06. The molecule has 0 bridgehead atoms. The predicted molar refractivity (Wildman–Crippen MR) is 157 cm³/mol. The molecule has 1 aromatic rings. The van der Waals surface area contributed by atoms with Crippen molar-refractivity contribution in [1.82, 2.24) is 30.7 Å². The van der Waals surface area contributed by atoms with E-state index < -0.39 is 91.0 Å². The molecule has 3 heterocycles. The zero-order valence-electron chi connectivity index (χ0n) is 27.6. The summed E-state index contributed by atoms with van der Waals surface area (Å²) < 4.78 is 35.1. The zero-order valence-corrected chi connectivity index (χ0v) is 30.4. The number of hydrogen-bond donors (Lipinski definition) is 3. The van der Waals surface area contributed by atoms with Crippen LogP contribution in [0, 0.1) is 0 Å². The molecule has 3 aliphatic rings. The van der Waals surface area contributed by atoms with Gasteiger partial charge in [-0.15, -0.1) is 0 Å². The molecule has 3 N–H and O–H groups in total. The number of fused-ring (bicyclic) bond motifs is 1. The zero-order chi connectivity index (χ0) is 36.8. The van der Waals surface area contributed by atoms with Gasteiger partial charge >= 0.3 is 59.3 Å². The summed E-state index contributed by atoms with van der Waals surface area (Å²) in [5, 5.41) is 16.1. The fraction of sp³-hybridized carbons (Fsp3) is 0.464. The normalized spacial score (nSPS) is 23.7. The minimum atomic E-state index is -4.70. The van der Waals surface area contributed by atoms with E-state index in [2.05, 4.69) is 10.6 Å². The van der Waals surface area contributed by atoms with Crippen LogP contribution in [0.2, 0.25) is 0 Å². The number of amides is 7. The number of nitrogens with one attached hydrogen (secondary N) is 3. The summed E-state index contributed by atoms with van der Waals surface area (Å²) in [6.07, 6.45) is -0.109. The maximum atomic E-state index is 14.1. The summed E-state index contributed by atoms with van der Waals surface area (Å²) in [5.74, 6) is -9.40. The number of carboxylic acid groups (broad SMARTS) is 1. The number of benzene rings is 1. The molecule has 0 radical (unpaired) electrons. The van der Waals surface area contributed by atoms with Gasteiger partial charge in [-0.05, 0) is 38.5 Å². The number of carbonyl (C=O) groups is 9. The minimum absolute atomic E-state index is 0. The summed E-state index contributed by atoms with van der Waals surface area (Å²) in [7, 11) is -4.70. The van der Waals surface area contributed by atoms with Gasteiger partial charge in [-0.2, -0.15) is 0 Å². The Balaban J connectivity index is 0.00000676. The third kappa shape index (κ3) is 6.52. The van der Waals surface area contributed by atoms with Crippen molar-refractivity contribution in [2.45, 2.75) is 62.5 Å². The monoisotopic (exact) mass is 730 g/mol. The Bertz CT molecular complexity index is 1800. The number of carboxylic acids is 1. The second-order valence-electron chi connectivity index (χ2n) is 11.6. The van der Waals surface area contributed by atoms with E-state index >= 15 is 0 Å². The van der Waals surface area contributed by atoms with Crippen molar-refractivity contribution in [3.63, 3.8) is 0 Å². The molecule has 0 spiro atoms. The van der Waals surface area contributed by atoms with Gasteiger partial charge in [0.2, 0.25) is 18.0 Å². The van der Waals surface area contributed by atoms with Gasteiger partial charge in [0.05, 0.1) is 16.8 Å². The van der Waals surface area contributed by atoms with Crippen LogP contribution < -0.4 is 60.1 Å². The van der Waals surface area contributed by atoms with Gasteiger partial charge in [0.25, 0.3) is 5.91 Å². The Kier molecular flexibility index (Phi) is 11.4. The molecule has 22 heteroatoms. The molecular formula is C28H31N6NaO14S. The van der Waals surface area contributed by atoms with Crippen LogP contribution in [-0.2, 0) is 48.2 Å². The molecule has 4 rings (SSSR count). The van der Waals surface area contributed by atoms with Crippen LogP contribution in [0.1, 0.15) is 46.2 Å². The molecule has 3 saturated heterocycles. The van der Waals surface area contributed by atoms with Crippen LogP contribution >= 0.6 is 0 Å². The van der Waals surface area contributed by atoms with E-state index in [-0.39, 0.29) is 66.9 Å². The standard InChI is InChI=1S/C28H32N6O14S.Na/c1-6-32-9-10-33(22(40)21(32)39)26(44)30-18(15-7-8-16(47-13(2)36)17(11-15)48-14(3)37)20(38)31-28(29-12-35)24(43)34-19(23(41)42)27(4,5)49(45,46)25(28)34;/h7-8,11-12,18-19,25H,6,9-10H2,1-5H3,(H,29,35)(H,30,44)(H,31,38)(H,41,42);/q;+1/p-1/t18?,19-,25+,28+;/m0./s1. The van der Waals surface area contributed by atoms with Gasteiger partial charge in [-0.3, -0.25) is 38.5 Å². The molecule has 50 heavy (non-hydrogen) atoms. The van der Waals surface area contributed by atoms with E-state index in [9.17, 15) is 56.7 Å². The number of likely N-dealkylation sites (N-methyl/N-ethyl adjacent to an activating group) is 1. The predicted octanol–water partition coefficient (Wildman–Crippen LogP) is -6.97. The molecule has 1 unspecified atom stereocenters. The van der Waals surface area contributed by atoms with E-state index in [4.69, 9.17) is 9.47 Å². The Morgan fingerprint density at radius 3 is 2.16 bits per heavy atom. The number of ether oxygens (including phenoxy) is 2. The maximum absolute atomic E-state index is 14.1. The van der Waals surface area contributed by atoms with Gasteiger partial charge in [-0.1, -0.05) is 6.07 Å². The van der Waals surface area contributed by atoms with Crippen LogP contribution in [0.4, 0.5) is 4.79 Å². The molecule has 264 valence electrons. The van der Waals surface area contributed by atoms with Crippen molar-refractivity contribution in [2.24, 2.45) is 0 Å². The van der Waals surface area contributed by atoms with Gasteiger partial charge in [0.1, 0.15) is 6.04 Å². The molecule has 0 aromatic heterocycles. The summed E-state index contributed by atoms with van der Waals surface area (Å²) in [4.78, 5) is 115. The minimum Gasteiger partial charge on any atom is -0.548 e. The van der Waals surface area contributed by atoms with Crippen LogP contribution in [0.15, 0.2) is 18.2 Å². The Hall–Kier alpha value is -4.60. The largest absolute Gasteiger partial charge is 1.00 e. The number of hydrogen-bond acceptors (Lipinski definition) is 14. The molecule has 0 aliphatic carbocycles. The number of nitrogens with zero attached hydrogens (tertiary/aromatic N) is 3. The van der Waals surface area contributed by atoms with Crippen LogP contribution in [-0.4, -0.2) is 119 Å². The first-order valence-corrected chi connectivity index (χ1v) is 16.0. The second-order valence-corrected chi connectivity index (χ2v) is 14.2. The van der Waals surface area contributed by atoms with Gasteiger partial charge in [0, 0.05) is 33.5 Å². The molecule has 4 atom stereocenters. The van der Waals surface area contributed by atoms with Crippen LogP contribution in [0.5, 0.6) is 11.5 Å². The molecule has 3 fully saturated rings. The van der Waals surface area contributed by atoms with Crippen molar-refractivity contribution < 1.29 is 95.7 Å². The molecule has 1 aromatic carbocycles. The van der Waals surface area contributed by atoms with E-state index in [0.29, 0.717) is 9.80 Å². The number of imide groups is 1. The summed E-state index contributed by atoms with van der Waals surface area (Å²) >= 11 is 0. The fourth-order valence-corrected chi connectivity index (χ4v) is 8.17. The van der Waals surface area contributed by atoms with Crippen molar-refractivity contribution in [2.75, 3.05) is 19.6 Å². The average Bonchev–Trinajstić information content (AvgIpc) is 3.16. The number of piperazine rings is 1. The van der Waals surface area contributed by atoms with Crippen LogP contribution in [0.3, 0.4) is 0 Å². The second kappa shape index (κ2) is 14.3.